The highest BCUT2D eigenvalue weighted by Crippen LogP contribution is 2.39. The van der Waals surface area contributed by atoms with Crippen molar-refractivity contribution in [2.45, 2.75) is 19.8 Å². The number of hydrogen-bond acceptors (Lipinski definition) is 6. The maximum Gasteiger partial charge on any atom is 0.285 e. The third-order valence-corrected chi connectivity index (χ3v) is 6.01. The van der Waals surface area contributed by atoms with E-state index < -0.39 is 0 Å². The molecule has 0 saturated carbocycles. The van der Waals surface area contributed by atoms with Crippen LogP contribution in [-0.2, 0) is 12.8 Å². The molecule has 132 valence electrons. The van der Waals surface area contributed by atoms with Gasteiger partial charge in [-0.1, -0.05) is 53.8 Å². The van der Waals surface area contributed by atoms with E-state index in [1.54, 1.807) is 0 Å². The van der Waals surface area contributed by atoms with Gasteiger partial charge in [0.25, 0.3) is 5.24 Å². The number of anilines is 1. The van der Waals surface area contributed by atoms with Gasteiger partial charge in [-0.3, -0.25) is 10.1 Å². The van der Waals surface area contributed by atoms with Gasteiger partial charge in [0.2, 0.25) is 0 Å². The van der Waals surface area contributed by atoms with Crippen molar-refractivity contribution >= 4 is 45.1 Å². The van der Waals surface area contributed by atoms with Crippen LogP contribution in [0.25, 0.3) is 22.0 Å². The molecule has 1 aliphatic carbocycles. The zero-order chi connectivity index (χ0) is 18.1. The van der Waals surface area contributed by atoms with Gasteiger partial charge >= 0.3 is 0 Å². The third kappa shape index (κ3) is 3.34. The number of thioether (sulfide) groups is 1. The molecule has 26 heavy (non-hydrogen) atoms. The maximum absolute atomic E-state index is 11.8. The van der Waals surface area contributed by atoms with E-state index in [1.807, 2.05) is 37.4 Å². The Balaban J connectivity index is 1.72. The fourth-order valence-corrected chi connectivity index (χ4v) is 4.57. The minimum atomic E-state index is -0.0849. The van der Waals surface area contributed by atoms with Crippen LogP contribution in [0.15, 0.2) is 30.5 Å². The monoisotopic (exact) mass is 402 g/mol. The van der Waals surface area contributed by atoms with E-state index in [1.165, 1.54) is 23.1 Å². The Hall–Kier alpha value is -1.96. The molecule has 0 atom stereocenters. The number of thiazole rings is 1. The smallest absolute Gasteiger partial charge is 0.285 e. The van der Waals surface area contributed by atoms with Crippen molar-refractivity contribution in [2.24, 2.45) is 0 Å². The van der Waals surface area contributed by atoms with Crippen molar-refractivity contribution in [3.05, 3.63) is 46.7 Å². The Morgan fingerprint density at radius 2 is 2.15 bits per heavy atom. The number of nitrogens with zero attached hydrogens (tertiary/aromatic N) is 3. The van der Waals surface area contributed by atoms with Gasteiger partial charge in [0.05, 0.1) is 21.3 Å². The molecule has 0 fully saturated rings. The van der Waals surface area contributed by atoms with E-state index in [2.05, 4.69) is 15.3 Å². The number of hydrogen-bond donors (Lipinski definition) is 1. The molecule has 1 aromatic carbocycles. The summed E-state index contributed by atoms with van der Waals surface area (Å²) in [5.74, 6) is 1.33. The van der Waals surface area contributed by atoms with Crippen molar-refractivity contribution in [3.63, 3.8) is 0 Å². The first kappa shape index (κ1) is 17.5. The summed E-state index contributed by atoms with van der Waals surface area (Å²) in [4.78, 5) is 26.7. The van der Waals surface area contributed by atoms with Gasteiger partial charge in [-0.25, -0.2) is 15.0 Å². The molecule has 0 bridgehead atoms. The van der Waals surface area contributed by atoms with E-state index in [9.17, 15) is 4.79 Å². The SMILES string of the molecule is CCSC(=O)Nc1nc2c(s1)-c1nc(-c3ccccc3Cl)ncc1CC2. The molecule has 4 rings (SSSR count). The van der Waals surface area contributed by atoms with Gasteiger partial charge in [0.1, 0.15) is 0 Å². The van der Waals surface area contributed by atoms with Crippen molar-refractivity contribution < 1.29 is 4.79 Å². The number of carbonyl (C=O) groups excluding carboxylic acids is 1. The summed E-state index contributed by atoms with van der Waals surface area (Å²) in [5, 5.41) is 4.01. The lowest BCUT2D eigenvalue weighted by Crippen LogP contribution is -2.07. The minimum absolute atomic E-state index is 0.0849. The molecule has 0 saturated heterocycles. The number of nitrogens with one attached hydrogen (secondary N) is 1. The van der Waals surface area contributed by atoms with E-state index >= 15 is 0 Å². The minimum Gasteiger partial charge on any atom is -0.293 e. The van der Waals surface area contributed by atoms with Crippen LogP contribution in [0.1, 0.15) is 18.2 Å². The lowest BCUT2D eigenvalue weighted by Gasteiger charge is -2.14. The summed E-state index contributed by atoms with van der Waals surface area (Å²) in [6, 6.07) is 7.54. The quantitative estimate of drug-likeness (QED) is 0.643. The molecular formula is C18H15ClN4OS2. The topological polar surface area (TPSA) is 67.8 Å². The second kappa shape index (κ2) is 7.34. The van der Waals surface area contributed by atoms with E-state index in [0.717, 1.165) is 46.0 Å². The third-order valence-electron chi connectivity index (χ3n) is 4.01. The van der Waals surface area contributed by atoms with Crippen LogP contribution < -0.4 is 5.32 Å². The zero-order valence-corrected chi connectivity index (χ0v) is 16.3. The lowest BCUT2D eigenvalue weighted by molar-refractivity contribution is 0.270. The van der Waals surface area contributed by atoms with Crippen molar-refractivity contribution in [1.82, 2.24) is 15.0 Å². The van der Waals surface area contributed by atoms with E-state index in [4.69, 9.17) is 16.6 Å². The average Bonchev–Trinajstić information content (AvgIpc) is 3.04. The van der Waals surface area contributed by atoms with Crippen LogP contribution in [0.3, 0.4) is 0 Å². The van der Waals surface area contributed by atoms with Gasteiger partial charge in [0, 0.05) is 11.8 Å². The van der Waals surface area contributed by atoms with Gasteiger partial charge in [0.15, 0.2) is 11.0 Å². The highest BCUT2D eigenvalue weighted by molar-refractivity contribution is 8.13. The molecule has 1 amide bonds. The Kier molecular flexibility index (Phi) is 4.93. The summed E-state index contributed by atoms with van der Waals surface area (Å²) in [7, 11) is 0. The number of fused-ring (bicyclic) bond motifs is 3. The molecular weight excluding hydrogens is 388 g/mol. The number of rotatable bonds is 3. The molecule has 8 heteroatoms. The Bertz CT molecular complexity index is 989. The summed E-state index contributed by atoms with van der Waals surface area (Å²) >= 11 is 8.99. The normalized spacial score (nSPS) is 12.4. The van der Waals surface area contributed by atoms with E-state index in [0.29, 0.717) is 16.0 Å². The first-order valence-corrected chi connectivity index (χ1v) is 10.4. The van der Waals surface area contributed by atoms with Crippen molar-refractivity contribution in [2.75, 3.05) is 11.1 Å². The maximum atomic E-state index is 11.8. The average molecular weight is 403 g/mol. The van der Waals surface area contributed by atoms with Gasteiger partial charge in [-0.05, 0) is 36.3 Å². The predicted octanol–water partition coefficient (Wildman–Crippen LogP) is 5.30. The molecule has 0 unspecified atom stereocenters. The number of benzene rings is 1. The van der Waals surface area contributed by atoms with Crippen LogP contribution in [0, 0.1) is 0 Å². The fourth-order valence-electron chi connectivity index (χ4n) is 2.83. The Morgan fingerprint density at radius 3 is 2.96 bits per heavy atom. The summed E-state index contributed by atoms with van der Waals surface area (Å²) in [5.41, 5.74) is 3.76. The molecule has 0 radical (unpaired) electrons. The van der Waals surface area contributed by atoms with Crippen LogP contribution in [-0.4, -0.2) is 25.9 Å². The van der Waals surface area contributed by atoms with Crippen LogP contribution >= 0.6 is 34.7 Å². The molecule has 2 aromatic heterocycles. The van der Waals surface area contributed by atoms with Gasteiger partial charge in [-0.2, -0.15) is 0 Å². The summed E-state index contributed by atoms with van der Waals surface area (Å²) in [6.07, 6.45) is 3.53. The van der Waals surface area contributed by atoms with E-state index in [-0.39, 0.29) is 5.24 Å². The van der Waals surface area contributed by atoms with Crippen molar-refractivity contribution in [3.8, 4) is 22.0 Å². The first-order chi connectivity index (χ1) is 12.7. The molecule has 1 N–H and O–H groups in total. The molecule has 3 aromatic rings. The standard InChI is InChI=1S/C18H15ClN4OS2/c1-2-25-18(24)23-17-21-13-8-7-10-9-20-16(22-14(10)15(13)26-17)11-5-3-4-6-12(11)19/h3-6,9H,2,7-8H2,1H3,(H,21,23,24). The zero-order valence-electron chi connectivity index (χ0n) is 14.0. The number of aryl methyl sites for hydroxylation is 2. The lowest BCUT2D eigenvalue weighted by atomic mass is 9.99. The molecule has 2 heterocycles. The van der Waals surface area contributed by atoms with Gasteiger partial charge in [-0.15, -0.1) is 0 Å². The highest BCUT2D eigenvalue weighted by Gasteiger charge is 2.24. The number of carbonyl (C=O) groups is 1. The molecule has 0 spiro atoms. The van der Waals surface area contributed by atoms with Crippen molar-refractivity contribution in [1.29, 1.82) is 0 Å². The summed E-state index contributed by atoms with van der Waals surface area (Å²) < 4.78 is 0. The van der Waals surface area contributed by atoms with Crippen LogP contribution in [0.2, 0.25) is 5.02 Å². The largest absolute Gasteiger partial charge is 0.293 e. The second-order valence-corrected chi connectivity index (χ2v) is 8.33. The summed E-state index contributed by atoms with van der Waals surface area (Å²) in [6.45, 7) is 1.94. The van der Waals surface area contributed by atoms with Crippen LogP contribution in [0.5, 0.6) is 0 Å². The number of halogens is 1. The number of aromatic nitrogens is 3. The fraction of sp³-hybridized carbons (Fsp3) is 0.222. The molecule has 0 aliphatic heterocycles. The predicted molar refractivity (Wildman–Crippen MR) is 108 cm³/mol. The molecule has 1 aliphatic rings. The van der Waals surface area contributed by atoms with Gasteiger partial charge < -0.3 is 0 Å². The van der Waals surface area contributed by atoms with Crippen LogP contribution in [0.4, 0.5) is 9.93 Å². The highest BCUT2D eigenvalue weighted by atomic mass is 35.5. The number of amides is 1. The Labute approximate surface area is 164 Å². The molecule has 5 nitrogen and oxygen atoms in total. The second-order valence-electron chi connectivity index (χ2n) is 5.69. The Morgan fingerprint density at radius 1 is 1.31 bits per heavy atom. The first-order valence-electron chi connectivity index (χ1n) is 8.20.